The van der Waals surface area contributed by atoms with Crippen LogP contribution in [0.5, 0.6) is 0 Å². The zero-order valence-corrected chi connectivity index (χ0v) is 33.2. The number of aliphatic hydroxyl groups excluding tert-OH is 3. The fourth-order valence-electron chi connectivity index (χ4n) is 6.66. The molecule has 1 aliphatic rings. The minimum Gasteiger partial charge on any atom is -0.462 e. The van der Waals surface area contributed by atoms with Crippen LogP contribution in [0.15, 0.2) is 24.3 Å². The SMILES string of the molecule is CCCCCCCCCCCCCCCCC(=O)O[C@H](COC(=O)CCC/C=C/C[C@@H]1[C@@H](/C=C/[C@@H](O)CCCCC)[C@H](O)C[C@@H]1O)COP(=O)(O)O. The molecule has 0 unspecified atom stereocenters. The van der Waals surface area contributed by atoms with Crippen molar-refractivity contribution in [3.05, 3.63) is 24.3 Å². The lowest BCUT2D eigenvalue weighted by Crippen LogP contribution is -2.29. The number of unbranched alkanes of at least 4 members (excludes halogenated alkanes) is 16. The highest BCUT2D eigenvalue weighted by Crippen LogP contribution is 2.37. The van der Waals surface area contributed by atoms with Crippen molar-refractivity contribution in [2.45, 2.75) is 192 Å². The summed E-state index contributed by atoms with van der Waals surface area (Å²) in [5.74, 6) is -1.47. The first-order valence-electron chi connectivity index (χ1n) is 20.4. The number of carbonyl (C=O) groups is 2. The fraction of sp³-hybridized carbons (Fsp3) is 0.850. The summed E-state index contributed by atoms with van der Waals surface area (Å²) in [6.07, 6.45) is 27.1. The molecule has 0 saturated heterocycles. The topological polar surface area (TPSA) is 180 Å². The van der Waals surface area contributed by atoms with Crippen molar-refractivity contribution in [3.63, 3.8) is 0 Å². The molecule has 0 bridgehead atoms. The van der Waals surface area contributed by atoms with Crippen LogP contribution >= 0.6 is 7.82 Å². The zero-order valence-electron chi connectivity index (χ0n) is 32.3. The highest BCUT2D eigenvalue weighted by atomic mass is 31.2. The molecule has 11 nitrogen and oxygen atoms in total. The molecule has 1 fully saturated rings. The number of ether oxygens (including phenoxy) is 2. The second-order valence-electron chi connectivity index (χ2n) is 14.6. The smallest absolute Gasteiger partial charge is 0.462 e. The molecule has 1 aliphatic carbocycles. The largest absolute Gasteiger partial charge is 0.469 e. The molecular formula is C40H73O11P. The molecule has 1 rings (SSSR count). The van der Waals surface area contributed by atoms with E-state index < -0.39 is 50.8 Å². The van der Waals surface area contributed by atoms with Crippen LogP contribution in [-0.2, 0) is 28.2 Å². The summed E-state index contributed by atoms with van der Waals surface area (Å²) in [7, 11) is -4.81. The van der Waals surface area contributed by atoms with E-state index in [1.54, 1.807) is 6.08 Å². The summed E-state index contributed by atoms with van der Waals surface area (Å²) in [5, 5.41) is 31.1. The average Bonchev–Trinajstić information content (AvgIpc) is 3.37. The molecule has 52 heavy (non-hydrogen) atoms. The van der Waals surface area contributed by atoms with E-state index in [4.69, 9.17) is 19.3 Å². The number of aliphatic hydroxyl groups is 3. The Labute approximate surface area is 314 Å². The lowest BCUT2D eigenvalue weighted by molar-refractivity contribution is -0.161. The van der Waals surface area contributed by atoms with E-state index in [-0.39, 0.29) is 31.3 Å². The Balaban J connectivity index is 2.31. The van der Waals surface area contributed by atoms with Crippen molar-refractivity contribution in [2.75, 3.05) is 13.2 Å². The lowest BCUT2D eigenvalue weighted by Gasteiger charge is -2.19. The Morgan fingerprint density at radius 1 is 0.731 bits per heavy atom. The van der Waals surface area contributed by atoms with Crippen molar-refractivity contribution in [1.82, 2.24) is 0 Å². The van der Waals surface area contributed by atoms with Gasteiger partial charge < -0.3 is 34.6 Å². The Morgan fingerprint density at radius 2 is 1.29 bits per heavy atom. The van der Waals surface area contributed by atoms with E-state index in [1.165, 1.54) is 64.2 Å². The second kappa shape index (κ2) is 30.7. The fourth-order valence-corrected chi connectivity index (χ4v) is 7.02. The number of hydrogen-bond acceptors (Lipinski definition) is 9. The van der Waals surface area contributed by atoms with Gasteiger partial charge in [-0.1, -0.05) is 141 Å². The normalized spacial score (nSPS) is 20.5. The van der Waals surface area contributed by atoms with Gasteiger partial charge in [0.1, 0.15) is 6.61 Å². The van der Waals surface area contributed by atoms with Crippen LogP contribution in [0, 0.1) is 11.8 Å². The minimum atomic E-state index is -4.81. The van der Waals surface area contributed by atoms with E-state index in [2.05, 4.69) is 18.4 Å². The molecule has 0 heterocycles. The average molecular weight is 761 g/mol. The van der Waals surface area contributed by atoms with Gasteiger partial charge in [0.15, 0.2) is 6.10 Å². The third kappa shape index (κ3) is 26.2. The Kier molecular flexibility index (Phi) is 28.6. The Morgan fingerprint density at radius 3 is 1.88 bits per heavy atom. The molecule has 0 aliphatic heterocycles. The molecule has 0 amide bonds. The molecule has 0 spiro atoms. The van der Waals surface area contributed by atoms with Crippen molar-refractivity contribution in [2.24, 2.45) is 11.8 Å². The standard InChI is InChI=1S/C40H73O11P/c1-3-5-7-8-9-10-11-12-13-14-15-16-17-23-27-40(45)51-34(32-50-52(46,47)48)31-49-39(44)26-22-19-18-21-25-35-36(38(43)30-37(35)42)29-28-33(41)24-20-6-4-2/h18,21,28-29,33-38,41-43H,3-17,19-20,22-27,30-32H2,1-2H3,(H2,46,47,48)/b21-18+,29-28+/t33-,34+,35+,36+,37-,38+/m0/s1. The predicted octanol–water partition coefficient (Wildman–Crippen LogP) is 8.39. The van der Waals surface area contributed by atoms with Crippen LogP contribution in [0.25, 0.3) is 0 Å². The number of allylic oxidation sites excluding steroid dienone is 2. The highest BCUT2D eigenvalue weighted by Gasteiger charge is 2.39. The molecule has 6 atom stereocenters. The summed E-state index contributed by atoms with van der Waals surface area (Å²) in [4.78, 5) is 43.0. The molecule has 5 N–H and O–H groups in total. The van der Waals surface area contributed by atoms with Crippen LogP contribution in [0.2, 0.25) is 0 Å². The Hall–Kier alpha value is -1.59. The second-order valence-corrected chi connectivity index (χ2v) is 15.8. The van der Waals surface area contributed by atoms with Crippen LogP contribution in [0.1, 0.15) is 168 Å². The van der Waals surface area contributed by atoms with Crippen LogP contribution in [0.4, 0.5) is 0 Å². The zero-order chi connectivity index (χ0) is 38.5. The number of hydrogen-bond donors (Lipinski definition) is 5. The lowest BCUT2D eigenvalue weighted by atomic mass is 9.89. The first-order chi connectivity index (χ1) is 25.0. The van der Waals surface area contributed by atoms with Gasteiger partial charge in [-0.3, -0.25) is 14.1 Å². The van der Waals surface area contributed by atoms with Gasteiger partial charge in [0.05, 0.1) is 24.9 Å². The van der Waals surface area contributed by atoms with Gasteiger partial charge in [0, 0.05) is 25.2 Å². The molecule has 0 radical (unpaired) electrons. The van der Waals surface area contributed by atoms with Crippen LogP contribution in [-0.4, -0.2) is 74.7 Å². The van der Waals surface area contributed by atoms with Gasteiger partial charge >= 0.3 is 19.8 Å². The van der Waals surface area contributed by atoms with Crippen molar-refractivity contribution in [3.8, 4) is 0 Å². The van der Waals surface area contributed by atoms with Crippen LogP contribution < -0.4 is 0 Å². The summed E-state index contributed by atoms with van der Waals surface area (Å²) in [5.41, 5.74) is 0. The van der Waals surface area contributed by atoms with Crippen LogP contribution in [0.3, 0.4) is 0 Å². The molecule has 0 aromatic carbocycles. The number of rotatable bonds is 33. The predicted molar refractivity (Wildman–Crippen MR) is 204 cm³/mol. The number of carbonyl (C=O) groups excluding carboxylic acids is 2. The van der Waals surface area contributed by atoms with Gasteiger partial charge in [0.25, 0.3) is 0 Å². The van der Waals surface area contributed by atoms with Gasteiger partial charge in [-0.25, -0.2) is 4.57 Å². The molecule has 1 saturated carbocycles. The van der Waals surface area contributed by atoms with E-state index in [9.17, 15) is 29.5 Å². The maximum Gasteiger partial charge on any atom is 0.469 e. The third-order valence-corrected chi connectivity index (χ3v) is 10.3. The molecule has 0 aromatic heterocycles. The third-order valence-electron chi connectivity index (χ3n) is 9.79. The molecular weight excluding hydrogens is 687 g/mol. The molecule has 12 heteroatoms. The first-order valence-corrected chi connectivity index (χ1v) is 21.9. The minimum absolute atomic E-state index is 0.0927. The number of phosphoric acid groups is 1. The van der Waals surface area contributed by atoms with Gasteiger partial charge in [-0.15, -0.1) is 0 Å². The quantitative estimate of drug-likeness (QED) is 0.0188. The Bertz CT molecular complexity index is 1010. The monoisotopic (exact) mass is 760 g/mol. The number of phosphoric ester groups is 1. The summed E-state index contributed by atoms with van der Waals surface area (Å²) >= 11 is 0. The summed E-state index contributed by atoms with van der Waals surface area (Å²) in [6.45, 7) is 3.38. The highest BCUT2D eigenvalue weighted by molar-refractivity contribution is 7.46. The maximum absolute atomic E-state index is 12.4. The first kappa shape index (κ1) is 48.4. The number of esters is 2. The summed E-state index contributed by atoms with van der Waals surface area (Å²) < 4.78 is 26.3. The van der Waals surface area contributed by atoms with E-state index in [0.717, 1.165) is 38.5 Å². The van der Waals surface area contributed by atoms with E-state index in [0.29, 0.717) is 38.5 Å². The molecule has 304 valence electrons. The summed E-state index contributed by atoms with van der Waals surface area (Å²) in [6, 6.07) is 0. The van der Waals surface area contributed by atoms with Gasteiger partial charge in [0.2, 0.25) is 0 Å². The van der Waals surface area contributed by atoms with Crippen molar-refractivity contribution in [1.29, 1.82) is 0 Å². The maximum atomic E-state index is 12.4. The van der Waals surface area contributed by atoms with Crippen molar-refractivity contribution >= 4 is 19.8 Å². The molecule has 0 aromatic rings. The van der Waals surface area contributed by atoms with Gasteiger partial charge in [-0.2, -0.15) is 0 Å². The van der Waals surface area contributed by atoms with E-state index >= 15 is 0 Å². The van der Waals surface area contributed by atoms with Crippen molar-refractivity contribution < 1.29 is 53.3 Å². The van der Waals surface area contributed by atoms with Gasteiger partial charge in [-0.05, 0) is 38.0 Å². The van der Waals surface area contributed by atoms with E-state index in [1.807, 2.05) is 18.2 Å².